The fraction of sp³-hybridized carbons (Fsp3) is 0.238. The first-order valence-electron chi connectivity index (χ1n) is 8.82. The van der Waals surface area contributed by atoms with E-state index >= 15 is 0 Å². The van der Waals surface area contributed by atoms with Crippen molar-refractivity contribution in [1.82, 2.24) is 9.97 Å². The number of ether oxygens (including phenoxy) is 2. The number of methoxy groups -OCH3 is 2. The topological polar surface area (TPSA) is 68.3 Å². The predicted molar refractivity (Wildman–Crippen MR) is 113 cm³/mol. The zero-order valence-electron chi connectivity index (χ0n) is 16.3. The largest absolute Gasteiger partial charge is 0.493 e. The third-order valence-electron chi connectivity index (χ3n) is 4.22. The Morgan fingerprint density at radius 3 is 2.39 bits per heavy atom. The van der Waals surface area contributed by atoms with Crippen molar-refractivity contribution in [3.8, 4) is 11.5 Å². The van der Waals surface area contributed by atoms with Crippen LogP contribution in [0.5, 0.6) is 11.5 Å². The van der Waals surface area contributed by atoms with Crippen LogP contribution in [0, 0.1) is 13.8 Å². The van der Waals surface area contributed by atoms with E-state index in [1.54, 1.807) is 14.2 Å². The van der Waals surface area contributed by atoms with Crippen molar-refractivity contribution in [3.05, 3.63) is 64.4 Å². The van der Waals surface area contributed by atoms with E-state index in [4.69, 9.17) is 21.1 Å². The summed E-state index contributed by atoms with van der Waals surface area (Å²) in [6, 6.07) is 13.4. The molecule has 28 heavy (non-hydrogen) atoms. The summed E-state index contributed by atoms with van der Waals surface area (Å²) >= 11 is 6.11. The van der Waals surface area contributed by atoms with Crippen LogP contribution < -0.4 is 20.1 Å². The van der Waals surface area contributed by atoms with Crippen molar-refractivity contribution in [2.24, 2.45) is 0 Å². The summed E-state index contributed by atoms with van der Waals surface area (Å²) in [6.07, 6.45) is 0. The van der Waals surface area contributed by atoms with E-state index in [1.807, 2.05) is 56.3 Å². The van der Waals surface area contributed by atoms with Gasteiger partial charge in [0.25, 0.3) is 0 Å². The SMILES string of the molecule is COc1ccc(CNc2cc(Nc3cc(Cl)ccc3C)nc(C)n2)cc1OC. The molecule has 7 heteroatoms. The highest BCUT2D eigenvalue weighted by Gasteiger charge is 2.07. The standard InChI is InChI=1S/C21H23ClN4O2/c1-13-5-7-16(22)10-17(13)26-21-11-20(24-14(2)25-21)23-12-15-6-8-18(27-3)19(9-15)28-4/h5-11H,12H2,1-4H3,(H2,23,24,25,26). The van der Waals surface area contributed by atoms with Gasteiger partial charge in [0.05, 0.1) is 14.2 Å². The number of aryl methyl sites for hydroxylation is 2. The minimum absolute atomic E-state index is 0.590. The predicted octanol–water partition coefficient (Wildman–Crippen LogP) is 5.12. The summed E-state index contributed by atoms with van der Waals surface area (Å²) in [4.78, 5) is 8.93. The number of aromatic nitrogens is 2. The molecule has 3 rings (SSSR count). The maximum absolute atomic E-state index is 6.11. The van der Waals surface area contributed by atoms with Gasteiger partial charge in [0.2, 0.25) is 0 Å². The Kier molecular flexibility index (Phi) is 6.21. The molecule has 0 aliphatic carbocycles. The molecule has 0 saturated heterocycles. The molecule has 0 bridgehead atoms. The second kappa shape index (κ2) is 8.80. The number of rotatable bonds is 7. The highest BCUT2D eigenvalue weighted by atomic mass is 35.5. The lowest BCUT2D eigenvalue weighted by Gasteiger charge is -2.13. The highest BCUT2D eigenvalue weighted by molar-refractivity contribution is 6.30. The third-order valence-corrected chi connectivity index (χ3v) is 4.46. The lowest BCUT2D eigenvalue weighted by molar-refractivity contribution is 0.354. The molecule has 0 aliphatic heterocycles. The van der Waals surface area contributed by atoms with Crippen molar-refractivity contribution in [2.75, 3.05) is 24.9 Å². The lowest BCUT2D eigenvalue weighted by atomic mass is 10.2. The highest BCUT2D eigenvalue weighted by Crippen LogP contribution is 2.28. The molecule has 1 heterocycles. The molecule has 2 aromatic carbocycles. The maximum Gasteiger partial charge on any atom is 0.161 e. The van der Waals surface area contributed by atoms with E-state index < -0.39 is 0 Å². The van der Waals surface area contributed by atoms with Crippen LogP contribution in [0.3, 0.4) is 0 Å². The smallest absolute Gasteiger partial charge is 0.161 e. The molecule has 0 aliphatic rings. The number of hydrogen-bond donors (Lipinski definition) is 2. The lowest BCUT2D eigenvalue weighted by Crippen LogP contribution is -2.06. The number of hydrogen-bond acceptors (Lipinski definition) is 6. The number of halogens is 1. The Balaban J connectivity index is 1.75. The molecule has 1 aromatic heterocycles. The van der Waals surface area contributed by atoms with Gasteiger partial charge in [0.15, 0.2) is 11.5 Å². The summed E-state index contributed by atoms with van der Waals surface area (Å²) in [7, 11) is 3.24. The number of anilines is 3. The first-order chi connectivity index (χ1) is 13.5. The Bertz CT molecular complexity index is 979. The average molecular weight is 399 g/mol. The van der Waals surface area contributed by atoms with Gasteiger partial charge in [-0.05, 0) is 49.2 Å². The van der Waals surface area contributed by atoms with Gasteiger partial charge in [-0.1, -0.05) is 23.7 Å². The fourth-order valence-corrected chi connectivity index (χ4v) is 2.94. The fourth-order valence-electron chi connectivity index (χ4n) is 2.77. The van der Waals surface area contributed by atoms with Gasteiger partial charge in [0, 0.05) is 23.3 Å². The molecule has 0 fully saturated rings. The van der Waals surface area contributed by atoms with Crippen LogP contribution in [0.4, 0.5) is 17.3 Å². The molecule has 3 aromatic rings. The second-order valence-corrected chi connectivity index (χ2v) is 6.75. The molecule has 0 atom stereocenters. The van der Waals surface area contributed by atoms with Gasteiger partial charge in [-0.25, -0.2) is 9.97 Å². The number of benzene rings is 2. The van der Waals surface area contributed by atoms with E-state index in [0.717, 1.165) is 22.6 Å². The van der Waals surface area contributed by atoms with Crippen LogP contribution in [-0.2, 0) is 6.54 Å². The Labute approximate surface area is 169 Å². The molecule has 6 nitrogen and oxygen atoms in total. The van der Waals surface area contributed by atoms with Gasteiger partial charge in [-0.15, -0.1) is 0 Å². The zero-order valence-corrected chi connectivity index (χ0v) is 17.1. The van der Waals surface area contributed by atoms with Gasteiger partial charge < -0.3 is 20.1 Å². The first kappa shape index (κ1) is 19.8. The summed E-state index contributed by atoms with van der Waals surface area (Å²) in [5.74, 6) is 3.49. The minimum Gasteiger partial charge on any atom is -0.493 e. The van der Waals surface area contributed by atoms with Crippen molar-refractivity contribution in [1.29, 1.82) is 0 Å². The molecule has 0 radical (unpaired) electrons. The first-order valence-corrected chi connectivity index (χ1v) is 9.20. The third kappa shape index (κ3) is 4.84. The van der Waals surface area contributed by atoms with Crippen LogP contribution in [0.25, 0.3) is 0 Å². The summed E-state index contributed by atoms with van der Waals surface area (Å²) < 4.78 is 10.6. The van der Waals surface area contributed by atoms with Gasteiger partial charge in [-0.2, -0.15) is 0 Å². The molecule has 146 valence electrons. The summed E-state index contributed by atoms with van der Waals surface area (Å²) in [6.45, 7) is 4.47. The van der Waals surface area contributed by atoms with Crippen molar-refractivity contribution < 1.29 is 9.47 Å². The van der Waals surface area contributed by atoms with E-state index in [9.17, 15) is 0 Å². The van der Waals surface area contributed by atoms with E-state index in [2.05, 4.69) is 20.6 Å². The summed E-state index contributed by atoms with van der Waals surface area (Å²) in [5, 5.41) is 7.31. The maximum atomic E-state index is 6.11. The van der Waals surface area contributed by atoms with E-state index in [0.29, 0.717) is 34.7 Å². The molecule has 0 unspecified atom stereocenters. The summed E-state index contributed by atoms with van der Waals surface area (Å²) in [5.41, 5.74) is 3.05. The van der Waals surface area contributed by atoms with Gasteiger partial charge >= 0.3 is 0 Å². The molecule has 0 spiro atoms. The Morgan fingerprint density at radius 2 is 1.64 bits per heavy atom. The molecular weight excluding hydrogens is 376 g/mol. The Morgan fingerprint density at radius 1 is 0.893 bits per heavy atom. The zero-order chi connectivity index (χ0) is 20.1. The quantitative estimate of drug-likeness (QED) is 0.575. The van der Waals surface area contributed by atoms with E-state index in [-0.39, 0.29) is 0 Å². The van der Waals surface area contributed by atoms with Crippen LogP contribution in [0.2, 0.25) is 5.02 Å². The monoisotopic (exact) mass is 398 g/mol. The second-order valence-electron chi connectivity index (χ2n) is 6.31. The Hall–Kier alpha value is -2.99. The van der Waals surface area contributed by atoms with Crippen LogP contribution >= 0.6 is 11.6 Å². The van der Waals surface area contributed by atoms with E-state index in [1.165, 1.54) is 0 Å². The molecule has 0 saturated carbocycles. The van der Waals surface area contributed by atoms with Crippen LogP contribution in [0.15, 0.2) is 42.5 Å². The molecule has 0 amide bonds. The van der Waals surface area contributed by atoms with Crippen LogP contribution in [0.1, 0.15) is 17.0 Å². The molecule has 2 N–H and O–H groups in total. The van der Waals surface area contributed by atoms with Crippen molar-refractivity contribution in [3.63, 3.8) is 0 Å². The van der Waals surface area contributed by atoms with Crippen molar-refractivity contribution >= 4 is 28.9 Å². The minimum atomic E-state index is 0.590. The normalized spacial score (nSPS) is 10.5. The van der Waals surface area contributed by atoms with Crippen molar-refractivity contribution in [2.45, 2.75) is 20.4 Å². The molecular formula is C21H23ClN4O2. The van der Waals surface area contributed by atoms with Gasteiger partial charge in [0.1, 0.15) is 17.5 Å². The van der Waals surface area contributed by atoms with Crippen LogP contribution in [-0.4, -0.2) is 24.2 Å². The average Bonchev–Trinajstić information content (AvgIpc) is 2.68. The number of nitrogens with zero attached hydrogens (tertiary/aromatic N) is 2. The van der Waals surface area contributed by atoms with Gasteiger partial charge in [-0.3, -0.25) is 0 Å². The number of nitrogens with one attached hydrogen (secondary N) is 2.